The molecule has 1 aromatic carbocycles. The van der Waals surface area contributed by atoms with Crippen molar-refractivity contribution in [2.75, 3.05) is 19.0 Å². The summed E-state index contributed by atoms with van der Waals surface area (Å²) in [6.07, 6.45) is 4.17. The largest absolute Gasteiger partial charge is 0.493 e. The van der Waals surface area contributed by atoms with Crippen LogP contribution < -0.4 is 4.74 Å². The molecule has 2 rings (SSSR count). The van der Waals surface area contributed by atoms with E-state index < -0.39 is 0 Å². The molecule has 3 nitrogen and oxygen atoms in total. The summed E-state index contributed by atoms with van der Waals surface area (Å²) in [6.45, 7) is 3.31. The van der Waals surface area contributed by atoms with Crippen molar-refractivity contribution in [3.63, 3.8) is 0 Å². The van der Waals surface area contributed by atoms with E-state index in [0.717, 1.165) is 25.8 Å². The minimum atomic E-state index is 0.0730. The number of piperidine rings is 1. The average Bonchev–Trinajstić information content (AvgIpc) is 2.48. The molecule has 0 aliphatic carbocycles. The molecule has 0 bridgehead atoms. The lowest BCUT2D eigenvalue weighted by atomic mass is 9.98. The molecular formula is C16H22ClNO2. The number of benzene rings is 1. The first-order chi connectivity index (χ1) is 9.77. The van der Waals surface area contributed by atoms with Gasteiger partial charge in [-0.25, -0.2) is 0 Å². The molecule has 1 aliphatic rings. The molecule has 1 aliphatic heterocycles. The Hall–Kier alpha value is -1.22. The molecule has 1 fully saturated rings. The topological polar surface area (TPSA) is 29.5 Å². The normalized spacial score (nSPS) is 18.9. The molecule has 1 atom stereocenters. The summed E-state index contributed by atoms with van der Waals surface area (Å²) in [5.74, 6) is 1.35. The third-order valence-corrected chi connectivity index (χ3v) is 3.97. The lowest BCUT2D eigenvalue weighted by molar-refractivity contribution is 0.0605. The second-order valence-electron chi connectivity index (χ2n) is 5.05. The van der Waals surface area contributed by atoms with E-state index in [1.807, 2.05) is 36.1 Å². The zero-order valence-electron chi connectivity index (χ0n) is 12.0. The van der Waals surface area contributed by atoms with Crippen LogP contribution in [-0.2, 0) is 0 Å². The highest BCUT2D eigenvalue weighted by Gasteiger charge is 2.28. The fraction of sp³-hybridized carbons (Fsp3) is 0.562. The van der Waals surface area contributed by atoms with Crippen LogP contribution in [0.15, 0.2) is 24.3 Å². The number of ether oxygens (including phenoxy) is 1. The fourth-order valence-corrected chi connectivity index (χ4v) is 3.03. The van der Waals surface area contributed by atoms with E-state index in [2.05, 4.69) is 0 Å². The maximum Gasteiger partial charge on any atom is 0.257 e. The first kappa shape index (κ1) is 15.2. The molecule has 1 amide bonds. The van der Waals surface area contributed by atoms with E-state index in [9.17, 15) is 4.79 Å². The highest BCUT2D eigenvalue weighted by atomic mass is 35.5. The second kappa shape index (κ2) is 7.53. The summed E-state index contributed by atoms with van der Waals surface area (Å²) >= 11 is 5.87. The summed E-state index contributed by atoms with van der Waals surface area (Å²) in [7, 11) is 0. The molecule has 20 heavy (non-hydrogen) atoms. The van der Waals surface area contributed by atoms with Crippen LogP contribution in [0.25, 0.3) is 0 Å². The number of alkyl halides is 1. The summed E-state index contributed by atoms with van der Waals surface area (Å²) in [5, 5.41) is 0. The number of rotatable bonds is 5. The summed E-state index contributed by atoms with van der Waals surface area (Å²) < 4.78 is 5.57. The molecule has 0 saturated carbocycles. The number of halogens is 1. The third-order valence-electron chi connectivity index (χ3n) is 3.75. The number of carbonyl (C=O) groups excluding carboxylic acids is 1. The van der Waals surface area contributed by atoms with E-state index in [0.29, 0.717) is 23.8 Å². The predicted octanol–water partition coefficient (Wildman–Crippen LogP) is 3.71. The lowest BCUT2D eigenvalue weighted by Gasteiger charge is -2.36. The number of amides is 1. The number of nitrogens with zero attached hydrogens (tertiary/aromatic N) is 1. The van der Waals surface area contributed by atoms with E-state index in [1.54, 1.807) is 0 Å². The van der Waals surface area contributed by atoms with Crippen LogP contribution in [0.2, 0.25) is 0 Å². The van der Waals surface area contributed by atoms with Crippen molar-refractivity contribution in [1.82, 2.24) is 4.90 Å². The third kappa shape index (κ3) is 3.45. The Morgan fingerprint density at radius 2 is 2.20 bits per heavy atom. The Balaban J connectivity index is 2.20. The van der Waals surface area contributed by atoms with Crippen molar-refractivity contribution in [1.29, 1.82) is 0 Å². The average molecular weight is 296 g/mol. The number of para-hydroxylation sites is 1. The maximum atomic E-state index is 12.8. The first-order valence-electron chi connectivity index (χ1n) is 7.36. The van der Waals surface area contributed by atoms with Crippen LogP contribution in [0.4, 0.5) is 0 Å². The van der Waals surface area contributed by atoms with Crippen molar-refractivity contribution >= 4 is 17.5 Å². The van der Waals surface area contributed by atoms with Crippen molar-refractivity contribution < 1.29 is 9.53 Å². The molecule has 4 heteroatoms. The van der Waals surface area contributed by atoms with Gasteiger partial charge in [-0.1, -0.05) is 12.1 Å². The van der Waals surface area contributed by atoms with Crippen molar-refractivity contribution in [2.24, 2.45) is 0 Å². The van der Waals surface area contributed by atoms with E-state index in [-0.39, 0.29) is 11.9 Å². The van der Waals surface area contributed by atoms with Gasteiger partial charge in [0.2, 0.25) is 0 Å². The number of likely N-dealkylation sites (tertiary alicyclic amines) is 1. The Morgan fingerprint density at radius 3 is 2.95 bits per heavy atom. The second-order valence-corrected chi connectivity index (χ2v) is 5.43. The minimum absolute atomic E-state index is 0.0730. The Bertz CT molecular complexity index is 448. The number of hydrogen-bond acceptors (Lipinski definition) is 2. The van der Waals surface area contributed by atoms with Gasteiger partial charge in [-0.3, -0.25) is 4.79 Å². The minimum Gasteiger partial charge on any atom is -0.493 e. The monoisotopic (exact) mass is 295 g/mol. The van der Waals surface area contributed by atoms with E-state index in [4.69, 9.17) is 16.3 Å². The van der Waals surface area contributed by atoms with Crippen LogP contribution >= 0.6 is 11.6 Å². The number of carbonyl (C=O) groups is 1. The Kier molecular flexibility index (Phi) is 5.72. The van der Waals surface area contributed by atoms with E-state index in [1.165, 1.54) is 6.42 Å². The van der Waals surface area contributed by atoms with Gasteiger partial charge in [0.1, 0.15) is 5.75 Å². The number of hydrogen-bond donors (Lipinski definition) is 0. The molecule has 0 aromatic heterocycles. The quantitative estimate of drug-likeness (QED) is 0.775. The highest BCUT2D eigenvalue weighted by molar-refractivity contribution is 6.17. The lowest BCUT2D eigenvalue weighted by Crippen LogP contribution is -2.44. The predicted molar refractivity (Wildman–Crippen MR) is 81.6 cm³/mol. The van der Waals surface area contributed by atoms with Crippen LogP contribution in [0.1, 0.15) is 43.0 Å². The zero-order chi connectivity index (χ0) is 14.4. The summed E-state index contributed by atoms with van der Waals surface area (Å²) in [6, 6.07) is 7.75. The van der Waals surface area contributed by atoms with Gasteiger partial charge in [0, 0.05) is 18.5 Å². The van der Waals surface area contributed by atoms with Crippen LogP contribution in [0.5, 0.6) is 5.75 Å². The zero-order valence-corrected chi connectivity index (χ0v) is 12.7. The molecule has 1 heterocycles. The Labute approximate surface area is 125 Å². The van der Waals surface area contributed by atoms with Gasteiger partial charge < -0.3 is 9.64 Å². The molecule has 110 valence electrons. The molecule has 1 saturated heterocycles. The highest BCUT2D eigenvalue weighted by Crippen LogP contribution is 2.26. The van der Waals surface area contributed by atoms with Crippen molar-refractivity contribution in [3.05, 3.63) is 29.8 Å². The van der Waals surface area contributed by atoms with Gasteiger partial charge in [-0.15, -0.1) is 11.6 Å². The van der Waals surface area contributed by atoms with Gasteiger partial charge in [-0.2, -0.15) is 0 Å². The molecule has 0 spiro atoms. The summed E-state index contributed by atoms with van der Waals surface area (Å²) in [5.41, 5.74) is 0.663. The van der Waals surface area contributed by atoms with Gasteiger partial charge in [0.15, 0.2) is 0 Å². The fourth-order valence-electron chi connectivity index (χ4n) is 2.77. The van der Waals surface area contributed by atoms with Gasteiger partial charge in [0.25, 0.3) is 5.91 Å². The Morgan fingerprint density at radius 1 is 1.40 bits per heavy atom. The molecule has 0 N–H and O–H groups in total. The van der Waals surface area contributed by atoms with Crippen LogP contribution in [0, 0.1) is 0 Å². The van der Waals surface area contributed by atoms with E-state index >= 15 is 0 Å². The van der Waals surface area contributed by atoms with Crippen LogP contribution in [-0.4, -0.2) is 35.9 Å². The van der Waals surface area contributed by atoms with Gasteiger partial charge >= 0.3 is 0 Å². The van der Waals surface area contributed by atoms with Gasteiger partial charge in [-0.05, 0) is 44.7 Å². The molecule has 0 radical (unpaired) electrons. The van der Waals surface area contributed by atoms with Gasteiger partial charge in [0.05, 0.1) is 12.2 Å². The smallest absolute Gasteiger partial charge is 0.257 e. The summed E-state index contributed by atoms with van der Waals surface area (Å²) in [4.78, 5) is 14.8. The molecule has 1 unspecified atom stereocenters. The van der Waals surface area contributed by atoms with Crippen molar-refractivity contribution in [3.8, 4) is 5.75 Å². The standard InChI is InChI=1S/C16H22ClNO2/c1-2-20-15-9-4-3-8-14(15)16(19)18-12-6-5-7-13(18)10-11-17/h3-4,8-9,13H,2,5-7,10-12H2,1H3. The van der Waals surface area contributed by atoms with Crippen molar-refractivity contribution in [2.45, 2.75) is 38.6 Å². The molecule has 1 aromatic rings. The molecular weight excluding hydrogens is 274 g/mol. The SMILES string of the molecule is CCOc1ccccc1C(=O)N1CCCCC1CCCl. The van der Waals surface area contributed by atoms with Crippen LogP contribution in [0.3, 0.4) is 0 Å². The first-order valence-corrected chi connectivity index (χ1v) is 7.90. The maximum absolute atomic E-state index is 12.8.